The molecule has 0 fully saturated rings. The van der Waals surface area contributed by atoms with Crippen LogP contribution in [-0.4, -0.2) is 46.8 Å². The smallest absolute Gasteiger partial charge is 0.261 e. The van der Waals surface area contributed by atoms with Gasteiger partial charge in [0, 0.05) is 32.9 Å². The van der Waals surface area contributed by atoms with Crippen LogP contribution in [0.1, 0.15) is 0 Å². The molecule has 0 bridgehead atoms. The molecule has 1 aromatic rings. The first-order valence-electron chi connectivity index (χ1n) is 5.38. The summed E-state index contributed by atoms with van der Waals surface area (Å²) in [5, 5.41) is 2.38. The van der Waals surface area contributed by atoms with Gasteiger partial charge in [0.1, 0.15) is 0 Å². The summed E-state index contributed by atoms with van der Waals surface area (Å²) in [5.74, 6) is -0.864. The lowest BCUT2D eigenvalue weighted by atomic mass is 10.5. The van der Waals surface area contributed by atoms with E-state index < -0.39 is 20.9 Å². The number of methoxy groups -OCH3 is 1. The fraction of sp³-hybridized carbons (Fsp3) is 0.500. The third-order valence-corrected chi connectivity index (χ3v) is 3.45. The van der Waals surface area contributed by atoms with Gasteiger partial charge in [-0.15, -0.1) is 0 Å². The second-order valence-electron chi connectivity index (χ2n) is 3.43. The summed E-state index contributed by atoms with van der Waals surface area (Å²) in [6.45, 7) is 1.75. The highest BCUT2D eigenvalue weighted by molar-refractivity contribution is 7.89. The summed E-state index contributed by atoms with van der Waals surface area (Å²) < 4.78 is 43.7. The number of hydrogen-bond acceptors (Lipinski definition) is 5. The van der Waals surface area contributed by atoms with E-state index >= 15 is 0 Å². The quantitative estimate of drug-likeness (QED) is 0.640. The van der Waals surface area contributed by atoms with Crippen LogP contribution in [0.2, 0.25) is 0 Å². The molecule has 0 aliphatic carbocycles. The molecule has 0 saturated carbocycles. The number of nitrogens with one attached hydrogen (secondary N) is 2. The minimum Gasteiger partial charge on any atom is -0.383 e. The molecule has 0 atom stereocenters. The number of ether oxygens (including phenoxy) is 1. The molecule has 0 amide bonds. The molecule has 8 heteroatoms. The summed E-state index contributed by atoms with van der Waals surface area (Å²) in [7, 11) is -2.31. The van der Waals surface area contributed by atoms with E-state index in [9.17, 15) is 12.8 Å². The Hall–Kier alpha value is -1.09. The van der Waals surface area contributed by atoms with Crippen LogP contribution in [0.4, 0.5) is 4.39 Å². The molecule has 6 nitrogen and oxygen atoms in total. The van der Waals surface area contributed by atoms with Crippen LogP contribution in [-0.2, 0) is 14.8 Å². The number of aromatic nitrogens is 1. The molecule has 0 radical (unpaired) electrons. The lowest BCUT2D eigenvalue weighted by Gasteiger charge is -2.07. The Morgan fingerprint density at radius 2 is 2.17 bits per heavy atom. The van der Waals surface area contributed by atoms with E-state index in [1.54, 1.807) is 7.11 Å². The molecular weight excluding hydrogens is 261 g/mol. The SMILES string of the molecule is COCCNCCNS(=O)(=O)c1ncccc1F. The molecule has 102 valence electrons. The maximum absolute atomic E-state index is 13.2. The standard InChI is InChI=1S/C10H16FN3O3S/c1-17-8-7-12-5-6-14-18(15,16)10-9(11)3-2-4-13-10/h2-4,12,14H,5-8H2,1H3. The Kier molecular flexibility index (Phi) is 6.13. The monoisotopic (exact) mass is 277 g/mol. The number of sulfonamides is 1. The van der Waals surface area contributed by atoms with Crippen molar-refractivity contribution in [3.8, 4) is 0 Å². The fourth-order valence-electron chi connectivity index (χ4n) is 1.21. The fourth-order valence-corrected chi connectivity index (χ4v) is 2.24. The predicted molar refractivity (Wildman–Crippen MR) is 64.1 cm³/mol. The Morgan fingerprint density at radius 1 is 1.39 bits per heavy atom. The minimum atomic E-state index is -3.89. The average Bonchev–Trinajstić information content (AvgIpc) is 2.34. The maximum Gasteiger partial charge on any atom is 0.261 e. The third-order valence-electron chi connectivity index (χ3n) is 2.06. The molecule has 0 aromatic carbocycles. The van der Waals surface area contributed by atoms with Crippen LogP contribution in [0.3, 0.4) is 0 Å². The lowest BCUT2D eigenvalue weighted by Crippen LogP contribution is -2.33. The first-order chi connectivity index (χ1) is 8.58. The zero-order valence-corrected chi connectivity index (χ0v) is 10.8. The number of hydrogen-bond donors (Lipinski definition) is 2. The van der Waals surface area contributed by atoms with Crippen molar-refractivity contribution in [2.75, 3.05) is 33.4 Å². The normalized spacial score (nSPS) is 11.7. The molecule has 0 spiro atoms. The van der Waals surface area contributed by atoms with Crippen molar-refractivity contribution in [1.82, 2.24) is 15.0 Å². The highest BCUT2D eigenvalue weighted by atomic mass is 32.2. The Bertz CT molecular complexity index is 467. The Balaban J connectivity index is 2.44. The van der Waals surface area contributed by atoms with Gasteiger partial charge in [-0.1, -0.05) is 0 Å². The summed E-state index contributed by atoms with van der Waals surface area (Å²) in [5.41, 5.74) is 0. The average molecular weight is 277 g/mol. The van der Waals surface area contributed by atoms with Gasteiger partial charge in [-0.2, -0.15) is 0 Å². The molecule has 1 rings (SSSR count). The predicted octanol–water partition coefficient (Wildman–Crippen LogP) is -0.265. The molecule has 0 unspecified atom stereocenters. The molecule has 18 heavy (non-hydrogen) atoms. The van der Waals surface area contributed by atoms with E-state index in [4.69, 9.17) is 4.74 Å². The van der Waals surface area contributed by atoms with Gasteiger partial charge in [0.05, 0.1) is 6.61 Å². The molecular formula is C10H16FN3O3S. The van der Waals surface area contributed by atoms with E-state index in [-0.39, 0.29) is 6.54 Å². The van der Waals surface area contributed by atoms with Crippen molar-refractivity contribution in [3.05, 3.63) is 24.1 Å². The highest BCUT2D eigenvalue weighted by Gasteiger charge is 2.19. The van der Waals surface area contributed by atoms with Crippen LogP contribution in [0.15, 0.2) is 23.4 Å². The zero-order chi connectivity index (χ0) is 13.4. The van der Waals surface area contributed by atoms with E-state index in [2.05, 4.69) is 15.0 Å². The molecule has 0 aliphatic heterocycles. The number of nitrogens with zero attached hydrogens (tertiary/aromatic N) is 1. The van der Waals surface area contributed by atoms with Crippen molar-refractivity contribution in [2.45, 2.75) is 5.03 Å². The first kappa shape index (κ1) is 15.0. The molecule has 2 N–H and O–H groups in total. The van der Waals surface area contributed by atoms with Crippen molar-refractivity contribution in [1.29, 1.82) is 0 Å². The van der Waals surface area contributed by atoms with Crippen LogP contribution in [0, 0.1) is 5.82 Å². The summed E-state index contributed by atoms with van der Waals surface area (Å²) in [4.78, 5) is 3.51. The first-order valence-corrected chi connectivity index (χ1v) is 6.86. The second-order valence-corrected chi connectivity index (χ2v) is 5.11. The largest absolute Gasteiger partial charge is 0.383 e. The van der Waals surface area contributed by atoms with Gasteiger partial charge < -0.3 is 10.1 Å². The van der Waals surface area contributed by atoms with E-state index in [1.807, 2.05) is 0 Å². The van der Waals surface area contributed by atoms with Gasteiger partial charge in [0.25, 0.3) is 10.0 Å². The van der Waals surface area contributed by atoms with Gasteiger partial charge in [-0.25, -0.2) is 22.5 Å². The van der Waals surface area contributed by atoms with Crippen LogP contribution in [0.5, 0.6) is 0 Å². The molecule has 0 saturated heterocycles. The van der Waals surface area contributed by atoms with E-state index in [1.165, 1.54) is 12.3 Å². The Labute approximate surface area is 106 Å². The van der Waals surface area contributed by atoms with Gasteiger partial charge in [-0.3, -0.25) is 0 Å². The lowest BCUT2D eigenvalue weighted by molar-refractivity contribution is 0.199. The van der Waals surface area contributed by atoms with Crippen molar-refractivity contribution in [3.63, 3.8) is 0 Å². The van der Waals surface area contributed by atoms with Crippen molar-refractivity contribution >= 4 is 10.0 Å². The van der Waals surface area contributed by atoms with Gasteiger partial charge in [0.2, 0.25) is 5.03 Å². The topological polar surface area (TPSA) is 80.3 Å². The third kappa shape index (κ3) is 4.65. The summed E-state index contributed by atoms with van der Waals surface area (Å²) >= 11 is 0. The summed E-state index contributed by atoms with van der Waals surface area (Å²) in [6.07, 6.45) is 1.23. The second kappa shape index (κ2) is 7.37. The number of pyridine rings is 1. The number of rotatable bonds is 8. The van der Waals surface area contributed by atoms with Crippen LogP contribution in [0.25, 0.3) is 0 Å². The zero-order valence-electron chi connectivity index (χ0n) is 10.0. The molecule has 1 aromatic heterocycles. The summed E-state index contributed by atoms with van der Waals surface area (Å²) in [6, 6.07) is 2.39. The van der Waals surface area contributed by atoms with Crippen LogP contribution < -0.4 is 10.0 Å². The van der Waals surface area contributed by atoms with Gasteiger partial charge in [0.15, 0.2) is 5.82 Å². The van der Waals surface area contributed by atoms with E-state index in [0.29, 0.717) is 19.7 Å². The van der Waals surface area contributed by atoms with E-state index in [0.717, 1.165) is 6.07 Å². The van der Waals surface area contributed by atoms with Crippen molar-refractivity contribution in [2.24, 2.45) is 0 Å². The number of halogens is 1. The highest BCUT2D eigenvalue weighted by Crippen LogP contribution is 2.08. The Morgan fingerprint density at radius 3 is 2.83 bits per heavy atom. The van der Waals surface area contributed by atoms with Gasteiger partial charge >= 0.3 is 0 Å². The minimum absolute atomic E-state index is 0.155. The van der Waals surface area contributed by atoms with Crippen molar-refractivity contribution < 1.29 is 17.5 Å². The molecule has 1 heterocycles. The van der Waals surface area contributed by atoms with Gasteiger partial charge in [-0.05, 0) is 12.1 Å². The maximum atomic E-state index is 13.2. The molecule has 0 aliphatic rings. The van der Waals surface area contributed by atoms with Crippen LogP contribution >= 0.6 is 0 Å².